The molecular formula is C17H19F2NO2. The second kappa shape index (κ2) is 7.75. The van der Waals surface area contributed by atoms with Gasteiger partial charge in [-0.1, -0.05) is 12.1 Å². The summed E-state index contributed by atoms with van der Waals surface area (Å²) in [6.45, 7) is 1.03. The van der Waals surface area contributed by atoms with Gasteiger partial charge in [0.15, 0.2) is 11.5 Å². The number of halogens is 2. The molecule has 0 aliphatic carbocycles. The topological polar surface area (TPSA) is 30.5 Å². The Hall–Kier alpha value is -2.14. The fraction of sp³-hybridized carbons (Fsp3) is 0.294. The van der Waals surface area contributed by atoms with Crippen molar-refractivity contribution in [1.82, 2.24) is 5.32 Å². The Balaban J connectivity index is 1.86. The summed E-state index contributed by atoms with van der Waals surface area (Å²) >= 11 is 0. The van der Waals surface area contributed by atoms with Crippen molar-refractivity contribution >= 4 is 0 Å². The molecule has 22 heavy (non-hydrogen) atoms. The predicted molar refractivity (Wildman–Crippen MR) is 81.3 cm³/mol. The van der Waals surface area contributed by atoms with Gasteiger partial charge in [0.1, 0.15) is 11.6 Å². The van der Waals surface area contributed by atoms with Crippen LogP contribution in [-0.4, -0.2) is 20.8 Å². The molecule has 1 N–H and O–H groups in total. The van der Waals surface area contributed by atoms with E-state index >= 15 is 0 Å². The van der Waals surface area contributed by atoms with E-state index in [9.17, 15) is 8.78 Å². The van der Waals surface area contributed by atoms with Crippen molar-refractivity contribution in [1.29, 1.82) is 0 Å². The molecule has 5 heteroatoms. The lowest BCUT2D eigenvalue weighted by molar-refractivity contribution is 0.354. The standard InChI is InChI=1S/C17H19F2NO2/c1-21-16-6-3-12(9-17(16)22-2)7-8-20-11-13-4-5-14(18)10-15(13)19/h3-6,9-10,20H,7-8,11H2,1-2H3. The molecule has 0 saturated heterocycles. The summed E-state index contributed by atoms with van der Waals surface area (Å²) < 4.78 is 36.7. The van der Waals surface area contributed by atoms with Crippen molar-refractivity contribution in [2.45, 2.75) is 13.0 Å². The minimum absolute atomic E-state index is 0.361. The highest BCUT2D eigenvalue weighted by Gasteiger charge is 2.05. The molecule has 0 radical (unpaired) electrons. The molecule has 2 rings (SSSR count). The van der Waals surface area contributed by atoms with Crippen LogP contribution in [0, 0.1) is 11.6 Å². The molecule has 3 nitrogen and oxygen atoms in total. The molecule has 0 saturated carbocycles. The number of nitrogens with one attached hydrogen (secondary N) is 1. The number of methoxy groups -OCH3 is 2. The zero-order chi connectivity index (χ0) is 15.9. The Morgan fingerprint density at radius 2 is 1.73 bits per heavy atom. The number of rotatable bonds is 7. The van der Waals surface area contributed by atoms with E-state index in [1.165, 1.54) is 12.1 Å². The number of hydrogen-bond acceptors (Lipinski definition) is 3. The summed E-state index contributed by atoms with van der Waals surface area (Å²) in [4.78, 5) is 0. The Morgan fingerprint density at radius 3 is 2.41 bits per heavy atom. The van der Waals surface area contributed by atoms with Gasteiger partial charge in [-0.2, -0.15) is 0 Å². The molecular weight excluding hydrogens is 288 g/mol. The summed E-state index contributed by atoms with van der Waals surface area (Å²) in [7, 11) is 3.19. The minimum Gasteiger partial charge on any atom is -0.493 e. The Bertz CT molecular complexity index is 632. The van der Waals surface area contributed by atoms with Crippen molar-refractivity contribution in [3.05, 3.63) is 59.2 Å². The quantitative estimate of drug-likeness (QED) is 0.796. The van der Waals surface area contributed by atoms with Gasteiger partial charge in [-0.15, -0.1) is 0 Å². The van der Waals surface area contributed by atoms with Crippen LogP contribution in [0.2, 0.25) is 0 Å². The van der Waals surface area contributed by atoms with Crippen molar-refractivity contribution in [2.75, 3.05) is 20.8 Å². The molecule has 0 aliphatic heterocycles. The average molecular weight is 307 g/mol. The number of ether oxygens (including phenoxy) is 2. The van der Waals surface area contributed by atoms with Crippen LogP contribution in [0.3, 0.4) is 0 Å². The zero-order valence-electron chi connectivity index (χ0n) is 12.7. The van der Waals surface area contributed by atoms with Crippen LogP contribution < -0.4 is 14.8 Å². The van der Waals surface area contributed by atoms with E-state index in [2.05, 4.69) is 5.32 Å². The highest BCUT2D eigenvalue weighted by Crippen LogP contribution is 2.27. The van der Waals surface area contributed by atoms with E-state index in [1.807, 2.05) is 18.2 Å². The largest absolute Gasteiger partial charge is 0.493 e. The van der Waals surface area contributed by atoms with Crippen LogP contribution in [0.1, 0.15) is 11.1 Å². The molecule has 0 atom stereocenters. The lowest BCUT2D eigenvalue weighted by Crippen LogP contribution is -2.17. The maximum absolute atomic E-state index is 13.5. The fourth-order valence-electron chi connectivity index (χ4n) is 2.16. The van der Waals surface area contributed by atoms with Crippen LogP contribution in [0.4, 0.5) is 8.78 Å². The van der Waals surface area contributed by atoms with Gasteiger partial charge in [-0.05, 0) is 36.7 Å². The summed E-state index contributed by atoms with van der Waals surface area (Å²) in [5.41, 5.74) is 1.54. The lowest BCUT2D eigenvalue weighted by Gasteiger charge is -2.10. The maximum atomic E-state index is 13.5. The molecule has 0 aliphatic rings. The maximum Gasteiger partial charge on any atom is 0.160 e. The third-order valence-corrected chi connectivity index (χ3v) is 3.37. The molecule has 2 aromatic carbocycles. The first-order valence-corrected chi connectivity index (χ1v) is 6.99. The molecule has 118 valence electrons. The van der Waals surface area contributed by atoms with Crippen LogP contribution in [0.15, 0.2) is 36.4 Å². The molecule has 0 spiro atoms. The van der Waals surface area contributed by atoms with Gasteiger partial charge in [-0.25, -0.2) is 8.78 Å². The monoisotopic (exact) mass is 307 g/mol. The van der Waals surface area contributed by atoms with Gasteiger partial charge in [0.25, 0.3) is 0 Å². The number of hydrogen-bond donors (Lipinski definition) is 1. The third kappa shape index (κ3) is 4.18. The third-order valence-electron chi connectivity index (χ3n) is 3.37. The van der Waals surface area contributed by atoms with E-state index in [-0.39, 0.29) is 0 Å². The Labute approximate surface area is 128 Å². The average Bonchev–Trinajstić information content (AvgIpc) is 2.53. The van der Waals surface area contributed by atoms with Crippen LogP contribution in [0.5, 0.6) is 11.5 Å². The minimum atomic E-state index is -0.563. The smallest absolute Gasteiger partial charge is 0.160 e. The normalized spacial score (nSPS) is 10.5. The second-order valence-corrected chi connectivity index (χ2v) is 4.85. The summed E-state index contributed by atoms with van der Waals surface area (Å²) in [6, 6.07) is 9.34. The van der Waals surface area contributed by atoms with Crippen LogP contribution in [-0.2, 0) is 13.0 Å². The van der Waals surface area contributed by atoms with E-state index in [1.54, 1.807) is 14.2 Å². The van der Waals surface area contributed by atoms with Crippen molar-refractivity contribution in [3.8, 4) is 11.5 Å². The Morgan fingerprint density at radius 1 is 0.955 bits per heavy atom. The molecule has 0 aromatic heterocycles. The Kier molecular flexibility index (Phi) is 5.72. The molecule has 0 fully saturated rings. The SMILES string of the molecule is COc1ccc(CCNCc2ccc(F)cc2F)cc1OC. The fourth-order valence-corrected chi connectivity index (χ4v) is 2.16. The van der Waals surface area contributed by atoms with Gasteiger partial charge in [0, 0.05) is 18.2 Å². The first kappa shape index (κ1) is 16.2. The van der Waals surface area contributed by atoms with Crippen molar-refractivity contribution in [2.24, 2.45) is 0 Å². The van der Waals surface area contributed by atoms with E-state index < -0.39 is 11.6 Å². The highest BCUT2D eigenvalue weighted by molar-refractivity contribution is 5.42. The molecule has 0 unspecified atom stereocenters. The van der Waals surface area contributed by atoms with Gasteiger partial charge in [0.05, 0.1) is 14.2 Å². The summed E-state index contributed by atoms with van der Waals surface area (Å²) in [5.74, 6) is 0.280. The first-order valence-electron chi connectivity index (χ1n) is 6.99. The first-order chi connectivity index (χ1) is 10.6. The van der Waals surface area contributed by atoms with E-state index in [4.69, 9.17) is 9.47 Å². The van der Waals surface area contributed by atoms with E-state index in [0.717, 1.165) is 18.1 Å². The van der Waals surface area contributed by atoms with Gasteiger partial charge >= 0.3 is 0 Å². The second-order valence-electron chi connectivity index (χ2n) is 4.85. The predicted octanol–water partition coefficient (Wildman–Crippen LogP) is 3.31. The van der Waals surface area contributed by atoms with Gasteiger partial charge in [-0.3, -0.25) is 0 Å². The molecule has 0 amide bonds. The molecule has 0 heterocycles. The molecule has 0 bridgehead atoms. The van der Waals surface area contributed by atoms with Crippen molar-refractivity contribution in [3.63, 3.8) is 0 Å². The van der Waals surface area contributed by atoms with Crippen LogP contribution in [0.25, 0.3) is 0 Å². The highest BCUT2D eigenvalue weighted by atomic mass is 19.1. The molecule has 2 aromatic rings. The van der Waals surface area contributed by atoms with Gasteiger partial charge in [0.2, 0.25) is 0 Å². The summed E-state index contributed by atoms with van der Waals surface area (Å²) in [5, 5.41) is 3.14. The van der Waals surface area contributed by atoms with E-state index in [0.29, 0.717) is 30.2 Å². The zero-order valence-corrected chi connectivity index (χ0v) is 12.7. The summed E-state index contributed by atoms with van der Waals surface area (Å²) in [6.07, 6.45) is 0.767. The van der Waals surface area contributed by atoms with Crippen molar-refractivity contribution < 1.29 is 18.3 Å². The van der Waals surface area contributed by atoms with Gasteiger partial charge < -0.3 is 14.8 Å². The van der Waals surface area contributed by atoms with Crippen LogP contribution >= 0.6 is 0 Å². The number of benzene rings is 2. The lowest BCUT2D eigenvalue weighted by atomic mass is 10.1.